The molecule has 1 N–H and O–H groups in total. The largest absolute Gasteiger partial charge is 0.530 e. The van der Waals surface area contributed by atoms with Crippen LogP contribution in [-0.2, 0) is 13.6 Å². The molecular formula is C13H19O6P. The van der Waals surface area contributed by atoms with Crippen LogP contribution in [0.15, 0.2) is 24.3 Å². The Labute approximate surface area is 118 Å². The Hall–Kier alpha value is -1.36. The Morgan fingerprint density at radius 3 is 2.05 bits per heavy atom. The SMILES string of the molecule is CC(C)OP(=O)(Oc1ccccc1C(=O)O)OC(C)C. The smallest absolute Gasteiger partial charge is 0.478 e. The van der Waals surface area contributed by atoms with Crippen molar-refractivity contribution in [3.05, 3.63) is 29.8 Å². The van der Waals surface area contributed by atoms with Gasteiger partial charge in [-0.2, -0.15) is 0 Å². The lowest BCUT2D eigenvalue weighted by atomic mass is 10.2. The molecule has 1 aromatic rings. The van der Waals surface area contributed by atoms with Crippen molar-refractivity contribution in [2.75, 3.05) is 0 Å². The van der Waals surface area contributed by atoms with Gasteiger partial charge in [0, 0.05) is 0 Å². The number of phosphoric ester groups is 1. The van der Waals surface area contributed by atoms with E-state index in [2.05, 4.69) is 0 Å². The van der Waals surface area contributed by atoms with Crippen LogP contribution in [0, 0.1) is 0 Å². The van der Waals surface area contributed by atoms with Crippen LogP contribution in [0.25, 0.3) is 0 Å². The van der Waals surface area contributed by atoms with Crippen LogP contribution in [0.2, 0.25) is 0 Å². The zero-order valence-electron chi connectivity index (χ0n) is 11.9. The van der Waals surface area contributed by atoms with Crippen molar-refractivity contribution in [2.45, 2.75) is 39.9 Å². The van der Waals surface area contributed by atoms with Gasteiger partial charge in [-0.1, -0.05) is 12.1 Å². The fourth-order valence-electron chi connectivity index (χ4n) is 1.43. The first-order valence-electron chi connectivity index (χ1n) is 6.22. The molecule has 0 atom stereocenters. The third kappa shape index (κ3) is 4.96. The number of carboxylic acid groups (broad SMARTS) is 1. The summed E-state index contributed by atoms with van der Waals surface area (Å²) in [6.45, 7) is 6.73. The molecule has 1 aromatic carbocycles. The molecule has 0 unspecified atom stereocenters. The molecule has 0 amide bonds. The average molecular weight is 302 g/mol. The summed E-state index contributed by atoms with van der Waals surface area (Å²) in [5, 5.41) is 9.07. The van der Waals surface area contributed by atoms with Crippen LogP contribution in [0.4, 0.5) is 0 Å². The second-order valence-electron chi connectivity index (χ2n) is 4.65. The molecule has 0 aliphatic carbocycles. The number of hydrogen-bond acceptors (Lipinski definition) is 5. The molecule has 0 fully saturated rings. The number of benzene rings is 1. The first-order valence-corrected chi connectivity index (χ1v) is 7.68. The summed E-state index contributed by atoms with van der Waals surface area (Å²) in [6, 6.07) is 5.89. The molecular weight excluding hydrogens is 283 g/mol. The predicted octanol–water partition coefficient (Wildman–Crippen LogP) is 3.72. The van der Waals surface area contributed by atoms with Gasteiger partial charge in [-0.3, -0.25) is 9.05 Å². The van der Waals surface area contributed by atoms with Crippen LogP contribution in [0.1, 0.15) is 38.1 Å². The highest BCUT2D eigenvalue weighted by molar-refractivity contribution is 7.49. The lowest BCUT2D eigenvalue weighted by Crippen LogP contribution is -2.13. The zero-order chi connectivity index (χ0) is 15.3. The Balaban J connectivity index is 3.07. The first-order chi connectivity index (χ1) is 9.23. The topological polar surface area (TPSA) is 82.1 Å². The molecule has 0 aliphatic rings. The molecule has 112 valence electrons. The molecule has 1 rings (SSSR count). The minimum absolute atomic E-state index is 0.0513. The van der Waals surface area contributed by atoms with Crippen molar-refractivity contribution >= 4 is 13.8 Å². The Bertz CT molecular complexity index is 497. The summed E-state index contributed by atoms with van der Waals surface area (Å²) in [7, 11) is -3.88. The summed E-state index contributed by atoms with van der Waals surface area (Å²) >= 11 is 0. The Morgan fingerprint density at radius 1 is 1.10 bits per heavy atom. The summed E-state index contributed by atoms with van der Waals surface area (Å²) < 4.78 is 28.2. The number of phosphoric acid groups is 1. The third-order valence-electron chi connectivity index (χ3n) is 2.01. The van der Waals surface area contributed by atoms with Crippen LogP contribution in [0.5, 0.6) is 5.75 Å². The Morgan fingerprint density at radius 2 is 1.60 bits per heavy atom. The monoisotopic (exact) mass is 302 g/mol. The quantitative estimate of drug-likeness (QED) is 0.773. The van der Waals surface area contributed by atoms with Gasteiger partial charge in [0.15, 0.2) is 0 Å². The number of rotatable bonds is 7. The van der Waals surface area contributed by atoms with Gasteiger partial charge in [0.1, 0.15) is 11.3 Å². The molecule has 0 spiro atoms. The summed E-state index contributed by atoms with van der Waals surface area (Å²) in [5.41, 5.74) is -0.104. The molecule has 0 aromatic heterocycles. The van der Waals surface area contributed by atoms with Crippen molar-refractivity contribution in [1.29, 1.82) is 0 Å². The van der Waals surface area contributed by atoms with Crippen molar-refractivity contribution in [3.63, 3.8) is 0 Å². The van der Waals surface area contributed by atoms with Gasteiger partial charge < -0.3 is 9.63 Å². The number of hydrogen-bond donors (Lipinski definition) is 1. The normalized spacial score (nSPS) is 11.9. The predicted molar refractivity (Wildman–Crippen MR) is 74.1 cm³/mol. The number of aromatic carboxylic acids is 1. The van der Waals surface area contributed by atoms with E-state index in [0.29, 0.717) is 0 Å². The fraction of sp³-hybridized carbons (Fsp3) is 0.462. The van der Waals surface area contributed by atoms with Crippen molar-refractivity contribution in [1.82, 2.24) is 0 Å². The fourth-order valence-corrected chi connectivity index (χ4v) is 3.00. The Kier molecular flexibility index (Phi) is 5.74. The van der Waals surface area contributed by atoms with E-state index in [4.69, 9.17) is 18.7 Å². The van der Waals surface area contributed by atoms with Crippen molar-refractivity contribution in [2.24, 2.45) is 0 Å². The third-order valence-corrected chi connectivity index (χ3v) is 3.79. The molecule has 0 bridgehead atoms. The zero-order valence-corrected chi connectivity index (χ0v) is 12.8. The summed E-state index contributed by atoms with van der Waals surface area (Å²) in [5.74, 6) is -1.23. The van der Waals surface area contributed by atoms with E-state index in [1.165, 1.54) is 12.1 Å². The number of carbonyl (C=O) groups is 1. The standard InChI is InChI=1S/C13H19O6P/c1-9(2)17-20(16,18-10(3)4)19-12-8-6-5-7-11(12)13(14)15/h5-10H,1-4H3,(H,14,15). The maximum Gasteiger partial charge on any atom is 0.530 e. The minimum atomic E-state index is -3.88. The van der Waals surface area contributed by atoms with Crippen LogP contribution in [-0.4, -0.2) is 23.3 Å². The first kappa shape index (κ1) is 16.7. The average Bonchev–Trinajstić information content (AvgIpc) is 2.26. The van der Waals surface area contributed by atoms with Gasteiger partial charge in [0.2, 0.25) is 0 Å². The van der Waals surface area contributed by atoms with Gasteiger partial charge >= 0.3 is 13.8 Å². The van der Waals surface area contributed by atoms with Gasteiger partial charge in [-0.05, 0) is 39.8 Å². The highest BCUT2D eigenvalue weighted by Gasteiger charge is 2.32. The minimum Gasteiger partial charge on any atom is -0.478 e. The molecule has 6 nitrogen and oxygen atoms in total. The molecule has 20 heavy (non-hydrogen) atoms. The maximum absolute atomic E-state index is 12.5. The maximum atomic E-state index is 12.5. The highest BCUT2D eigenvalue weighted by Crippen LogP contribution is 2.52. The van der Waals surface area contributed by atoms with E-state index in [9.17, 15) is 9.36 Å². The molecule has 0 heterocycles. The van der Waals surface area contributed by atoms with Gasteiger partial charge in [0.05, 0.1) is 12.2 Å². The van der Waals surface area contributed by atoms with Gasteiger partial charge in [-0.15, -0.1) is 0 Å². The number of carboxylic acids is 1. The van der Waals surface area contributed by atoms with E-state index in [1.54, 1.807) is 39.8 Å². The molecule has 0 saturated heterocycles. The lowest BCUT2D eigenvalue weighted by molar-refractivity contribution is 0.0692. The lowest BCUT2D eigenvalue weighted by Gasteiger charge is -2.22. The van der Waals surface area contributed by atoms with Crippen LogP contribution in [0.3, 0.4) is 0 Å². The number of para-hydroxylation sites is 1. The van der Waals surface area contributed by atoms with E-state index < -0.39 is 26.0 Å². The van der Waals surface area contributed by atoms with Gasteiger partial charge in [-0.25, -0.2) is 9.36 Å². The molecule has 7 heteroatoms. The highest BCUT2D eigenvalue weighted by atomic mass is 31.2. The summed E-state index contributed by atoms with van der Waals surface area (Å²) in [4.78, 5) is 11.1. The van der Waals surface area contributed by atoms with Crippen molar-refractivity contribution < 1.29 is 28.0 Å². The summed E-state index contributed by atoms with van der Waals surface area (Å²) in [6.07, 6.45) is -0.784. The van der Waals surface area contributed by atoms with Crippen molar-refractivity contribution in [3.8, 4) is 5.75 Å². The van der Waals surface area contributed by atoms with E-state index >= 15 is 0 Å². The van der Waals surface area contributed by atoms with E-state index in [-0.39, 0.29) is 11.3 Å². The van der Waals surface area contributed by atoms with Crippen LogP contribution < -0.4 is 4.52 Å². The van der Waals surface area contributed by atoms with Crippen LogP contribution >= 0.6 is 7.82 Å². The van der Waals surface area contributed by atoms with E-state index in [1.807, 2.05) is 0 Å². The molecule has 0 aliphatic heterocycles. The second-order valence-corrected chi connectivity index (χ2v) is 6.15. The molecule has 0 saturated carbocycles. The second kappa shape index (κ2) is 6.88. The van der Waals surface area contributed by atoms with E-state index in [0.717, 1.165) is 0 Å². The van der Waals surface area contributed by atoms with Gasteiger partial charge in [0.25, 0.3) is 0 Å². The molecule has 0 radical (unpaired) electrons.